The SMILES string of the molecule is CCCN(CCC)C(=O)c1sc(NC2CC2)nc1N. The van der Waals surface area contributed by atoms with E-state index in [1.807, 2.05) is 4.90 Å². The third-order valence-electron chi connectivity index (χ3n) is 3.03. The lowest BCUT2D eigenvalue weighted by molar-refractivity contribution is 0.0761. The van der Waals surface area contributed by atoms with E-state index in [0.717, 1.165) is 31.1 Å². The minimum Gasteiger partial charge on any atom is -0.382 e. The van der Waals surface area contributed by atoms with Crippen LogP contribution in [0.2, 0.25) is 0 Å². The average molecular weight is 282 g/mol. The second-order valence-electron chi connectivity index (χ2n) is 4.94. The Morgan fingerprint density at radius 3 is 2.58 bits per heavy atom. The Hall–Kier alpha value is -1.30. The summed E-state index contributed by atoms with van der Waals surface area (Å²) in [6.07, 6.45) is 4.27. The minimum atomic E-state index is 0.0162. The van der Waals surface area contributed by atoms with Crippen molar-refractivity contribution in [1.82, 2.24) is 9.88 Å². The Kier molecular flexibility index (Phi) is 4.63. The number of nitrogens with two attached hydrogens (primary N) is 1. The van der Waals surface area contributed by atoms with Crippen LogP contribution < -0.4 is 11.1 Å². The summed E-state index contributed by atoms with van der Waals surface area (Å²) in [5.74, 6) is 0.373. The van der Waals surface area contributed by atoms with Crippen LogP contribution in [0.25, 0.3) is 0 Å². The summed E-state index contributed by atoms with van der Waals surface area (Å²) in [6.45, 7) is 5.70. The topological polar surface area (TPSA) is 71.2 Å². The van der Waals surface area contributed by atoms with Crippen LogP contribution in [0.4, 0.5) is 10.9 Å². The summed E-state index contributed by atoms with van der Waals surface area (Å²) in [5.41, 5.74) is 5.88. The molecule has 1 aromatic rings. The number of nitrogens with zero attached hydrogens (tertiary/aromatic N) is 2. The number of thiazole rings is 1. The lowest BCUT2D eigenvalue weighted by atomic mass is 10.3. The van der Waals surface area contributed by atoms with Gasteiger partial charge in [0.05, 0.1) is 0 Å². The van der Waals surface area contributed by atoms with E-state index in [1.165, 1.54) is 24.2 Å². The molecule has 1 heterocycles. The molecule has 6 heteroatoms. The second kappa shape index (κ2) is 6.23. The van der Waals surface area contributed by atoms with Gasteiger partial charge in [0, 0.05) is 19.1 Å². The number of rotatable bonds is 7. The van der Waals surface area contributed by atoms with E-state index in [-0.39, 0.29) is 5.91 Å². The van der Waals surface area contributed by atoms with Crippen molar-refractivity contribution in [3.05, 3.63) is 4.88 Å². The van der Waals surface area contributed by atoms with Crippen LogP contribution in [-0.2, 0) is 0 Å². The Labute approximate surface area is 118 Å². The largest absolute Gasteiger partial charge is 0.382 e. The van der Waals surface area contributed by atoms with Crippen LogP contribution in [-0.4, -0.2) is 34.9 Å². The first kappa shape index (κ1) is 14.1. The summed E-state index contributed by atoms with van der Waals surface area (Å²) in [5, 5.41) is 4.07. The molecule has 3 N–H and O–H groups in total. The molecule has 106 valence electrons. The number of aromatic nitrogens is 1. The molecule has 0 spiro atoms. The van der Waals surface area contributed by atoms with Gasteiger partial charge in [-0.3, -0.25) is 4.79 Å². The lowest BCUT2D eigenvalue weighted by Gasteiger charge is -2.20. The summed E-state index contributed by atoms with van der Waals surface area (Å²) < 4.78 is 0. The summed E-state index contributed by atoms with van der Waals surface area (Å²) in [4.78, 5) is 19.1. The van der Waals surface area contributed by atoms with E-state index in [0.29, 0.717) is 16.7 Å². The van der Waals surface area contributed by atoms with Gasteiger partial charge in [-0.2, -0.15) is 0 Å². The van der Waals surface area contributed by atoms with Gasteiger partial charge in [0.25, 0.3) is 5.91 Å². The first-order valence-corrected chi connectivity index (χ1v) is 7.79. The number of nitrogens with one attached hydrogen (secondary N) is 1. The molecule has 0 aromatic carbocycles. The smallest absolute Gasteiger partial charge is 0.267 e. The summed E-state index contributed by atoms with van der Waals surface area (Å²) in [7, 11) is 0. The maximum Gasteiger partial charge on any atom is 0.267 e. The monoisotopic (exact) mass is 282 g/mol. The molecule has 0 atom stereocenters. The second-order valence-corrected chi connectivity index (χ2v) is 5.94. The molecule has 1 aliphatic rings. The van der Waals surface area contributed by atoms with Crippen molar-refractivity contribution < 1.29 is 4.79 Å². The minimum absolute atomic E-state index is 0.0162. The predicted molar refractivity (Wildman–Crippen MR) is 79.7 cm³/mol. The first-order chi connectivity index (χ1) is 9.15. The fourth-order valence-corrected chi connectivity index (χ4v) is 2.88. The average Bonchev–Trinajstić information content (AvgIpc) is 3.11. The number of hydrogen-bond donors (Lipinski definition) is 2. The van der Waals surface area contributed by atoms with Crippen LogP contribution in [0, 0.1) is 0 Å². The van der Waals surface area contributed by atoms with Crippen LogP contribution in [0.15, 0.2) is 0 Å². The Balaban J connectivity index is 2.09. The quantitative estimate of drug-likeness (QED) is 0.806. The van der Waals surface area contributed by atoms with Crippen molar-refractivity contribution in [2.24, 2.45) is 0 Å². The third kappa shape index (κ3) is 3.59. The van der Waals surface area contributed by atoms with Gasteiger partial charge in [0.1, 0.15) is 10.7 Å². The fourth-order valence-electron chi connectivity index (χ4n) is 1.95. The van der Waals surface area contributed by atoms with E-state index in [4.69, 9.17) is 5.73 Å². The highest BCUT2D eigenvalue weighted by molar-refractivity contribution is 7.18. The number of carbonyl (C=O) groups excluding carboxylic acids is 1. The molecule has 1 saturated carbocycles. The van der Waals surface area contributed by atoms with Gasteiger partial charge in [-0.05, 0) is 25.7 Å². The van der Waals surface area contributed by atoms with Gasteiger partial charge in [-0.25, -0.2) is 4.98 Å². The molecule has 1 aliphatic carbocycles. The molecular weight excluding hydrogens is 260 g/mol. The van der Waals surface area contributed by atoms with E-state index in [1.54, 1.807) is 0 Å². The Morgan fingerprint density at radius 2 is 2.05 bits per heavy atom. The number of nitrogen functional groups attached to an aromatic ring is 1. The molecule has 0 saturated heterocycles. The molecule has 2 rings (SSSR count). The fraction of sp³-hybridized carbons (Fsp3) is 0.692. The molecule has 1 amide bonds. The van der Waals surface area contributed by atoms with Crippen molar-refractivity contribution in [1.29, 1.82) is 0 Å². The molecular formula is C13H22N4OS. The highest BCUT2D eigenvalue weighted by Crippen LogP contribution is 2.31. The van der Waals surface area contributed by atoms with E-state index in [9.17, 15) is 4.79 Å². The van der Waals surface area contributed by atoms with Gasteiger partial charge >= 0.3 is 0 Å². The zero-order chi connectivity index (χ0) is 13.8. The molecule has 0 aliphatic heterocycles. The van der Waals surface area contributed by atoms with E-state index >= 15 is 0 Å². The standard InChI is InChI=1S/C13H22N4OS/c1-3-7-17(8-4-2)12(18)10-11(14)16-13(19-10)15-9-5-6-9/h9H,3-8,14H2,1-2H3,(H,15,16). The lowest BCUT2D eigenvalue weighted by Crippen LogP contribution is -2.32. The third-order valence-corrected chi connectivity index (χ3v) is 4.02. The van der Waals surface area contributed by atoms with Gasteiger partial charge in [0.15, 0.2) is 5.13 Å². The zero-order valence-electron chi connectivity index (χ0n) is 11.6. The Bertz CT molecular complexity index is 436. The first-order valence-electron chi connectivity index (χ1n) is 6.97. The maximum absolute atomic E-state index is 12.4. The molecule has 1 fully saturated rings. The zero-order valence-corrected chi connectivity index (χ0v) is 12.4. The van der Waals surface area contributed by atoms with Gasteiger partial charge in [-0.15, -0.1) is 0 Å². The highest BCUT2D eigenvalue weighted by Gasteiger charge is 2.25. The van der Waals surface area contributed by atoms with Crippen LogP contribution >= 0.6 is 11.3 Å². The van der Waals surface area contributed by atoms with Crippen molar-refractivity contribution in [3.63, 3.8) is 0 Å². The van der Waals surface area contributed by atoms with Crippen molar-refractivity contribution in [3.8, 4) is 0 Å². The normalized spacial score (nSPS) is 14.4. The van der Waals surface area contributed by atoms with Crippen LogP contribution in [0.5, 0.6) is 0 Å². The number of amides is 1. The predicted octanol–water partition coefficient (Wildman–Crippen LogP) is 2.56. The van der Waals surface area contributed by atoms with Gasteiger partial charge in [-0.1, -0.05) is 25.2 Å². The van der Waals surface area contributed by atoms with Crippen molar-refractivity contribution in [2.75, 3.05) is 24.1 Å². The molecule has 0 unspecified atom stereocenters. The number of hydrogen-bond acceptors (Lipinski definition) is 5. The molecule has 19 heavy (non-hydrogen) atoms. The molecule has 5 nitrogen and oxygen atoms in total. The number of carbonyl (C=O) groups is 1. The van der Waals surface area contributed by atoms with E-state index in [2.05, 4.69) is 24.1 Å². The van der Waals surface area contributed by atoms with Crippen molar-refractivity contribution in [2.45, 2.75) is 45.6 Å². The summed E-state index contributed by atoms with van der Waals surface area (Å²) >= 11 is 1.38. The summed E-state index contributed by atoms with van der Waals surface area (Å²) in [6, 6.07) is 0.524. The highest BCUT2D eigenvalue weighted by atomic mass is 32.1. The maximum atomic E-state index is 12.4. The molecule has 1 aromatic heterocycles. The number of anilines is 2. The van der Waals surface area contributed by atoms with E-state index < -0.39 is 0 Å². The molecule has 0 radical (unpaired) electrons. The van der Waals surface area contributed by atoms with Gasteiger partial charge < -0.3 is 16.0 Å². The molecule has 0 bridgehead atoms. The van der Waals surface area contributed by atoms with Crippen LogP contribution in [0.3, 0.4) is 0 Å². The Morgan fingerprint density at radius 1 is 1.42 bits per heavy atom. The van der Waals surface area contributed by atoms with Gasteiger partial charge in [0.2, 0.25) is 0 Å². The van der Waals surface area contributed by atoms with Crippen molar-refractivity contribution >= 4 is 28.2 Å². The van der Waals surface area contributed by atoms with Crippen LogP contribution in [0.1, 0.15) is 49.2 Å².